The van der Waals surface area contributed by atoms with E-state index in [-0.39, 0.29) is 13.2 Å². The van der Waals surface area contributed by atoms with Crippen LogP contribution in [0.25, 0.3) is 0 Å². The fourth-order valence-electron chi connectivity index (χ4n) is 1.09. The van der Waals surface area contributed by atoms with Gasteiger partial charge >= 0.3 is 0 Å². The zero-order chi connectivity index (χ0) is 12.9. The number of methoxy groups -OCH3 is 1. The van der Waals surface area contributed by atoms with E-state index in [9.17, 15) is 17.9 Å². The quantitative estimate of drug-likeness (QED) is 0.723. The molecule has 0 saturated heterocycles. The number of aliphatic hydroxyl groups excluding tert-OH is 1. The lowest BCUT2D eigenvalue weighted by atomic mass is 10.4. The molecule has 1 heterocycles. The third kappa shape index (κ3) is 4.00. The fourth-order valence-corrected chi connectivity index (χ4v) is 2.17. The summed E-state index contributed by atoms with van der Waals surface area (Å²) in [6.07, 6.45) is 0.171. The van der Waals surface area contributed by atoms with Crippen molar-refractivity contribution in [3.05, 3.63) is 24.1 Å². The summed E-state index contributed by atoms with van der Waals surface area (Å²) in [6, 6.07) is 2.28. The van der Waals surface area contributed by atoms with E-state index in [0.29, 0.717) is 0 Å². The van der Waals surface area contributed by atoms with Crippen molar-refractivity contribution in [1.82, 2.24) is 9.71 Å². The minimum absolute atomic E-state index is 0.0206. The van der Waals surface area contributed by atoms with E-state index >= 15 is 0 Å². The molecule has 0 fully saturated rings. The summed E-state index contributed by atoms with van der Waals surface area (Å²) in [6.45, 7) is -0.292. The highest BCUT2D eigenvalue weighted by Crippen LogP contribution is 2.09. The molecule has 0 aliphatic heterocycles. The first kappa shape index (κ1) is 14.0. The van der Waals surface area contributed by atoms with Crippen molar-refractivity contribution in [2.75, 3.05) is 20.3 Å². The number of aromatic nitrogens is 1. The standard InChI is InChI=1S/C9H13FN2O4S/c1-16-6-7(13)5-12-17(14,15)9-8(10)3-2-4-11-9/h2-4,7,12-13H,5-6H2,1H3. The van der Waals surface area contributed by atoms with Crippen molar-refractivity contribution < 1.29 is 22.7 Å². The molecule has 0 aliphatic rings. The zero-order valence-electron chi connectivity index (χ0n) is 9.13. The van der Waals surface area contributed by atoms with Crippen LogP contribution >= 0.6 is 0 Å². The first-order chi connectivity index (χ1) is 7.97. The molecule has 0 spiro atoms. The number of hydrogen-bond acceptors (Lipinski definition) is 5. The van der Waals surface area contributed by atoms with Crippen LogP contribution in [0.4, 0.5) is 4.39 Å². The lowest BCUT2D eigenvalue weighted by molar-refractivity contribution is 0.0679. The Bertz CT molecular complexity index is 466. The third-order valence-electron chi connectivity index (χ3n) is 1.85. The molecule has 17 heavy (non-hydrogen) atoms. The highest BCUT2D eigenvalue weighted by molar-refractivity contribution is 7.89. The summed E-state index contributed by atoms with van der Waals surface area (Å²) in [5.41, 5.74) is 0. The Hall–Kier alpha value is -1.09. The molecular weight excluding hydrogens is 251 g/mol. The minimum atomic E-state index is -4.06. The second-order valence-electron chi connectivity index (χ2n) is 3.25. The number of sulfonamides is 1. The Labute approximate surface area is 98.5 Å². The maximum atomic E-state index is 13.2. The molecular formula is C9H13FN2O4S. The Balaban J connectivity index is 2.73. The van der Waals surface area contributed by atoms with Crippen molar-refractivity contribution in [2.45, 2.75) is 11.1 Å². The number of pyridine rings is 1. The monoisotopic (exact) mass is 264 g/mol. The van der Waals surface area contributed by atoms with Crippen molar-refractivity contribution >= 4 is 10.0 Å². The third-order valence-corrected chi connectivity index (χ3v) is 3.20. The van der Waals surface area contributed by atoms with E-state index in [0.717, 1.165) is 6.07 Å². The van der Waals surface area contributed by atoms with Crippen LogP contribution in [0.3, 0.4) is 0 Å². The number of ether oxygens (including phenoxy) is 1. The minimum Gasteiger partial charge on any atom is -0.389 e. The molecule has 1 rings (SSSR count). The largest absolute Gasteiger partial charge is 0.389 e. The normalized spacial score (nSPS) is 13.6. The van der Waals surface area contributed by atoms with Gasteiger partial charge in [-0.1, -0.05) is 0 Å². The predicted octanol–water partition coefficient (Wildman–Crippen LogP) is -0.494. The summed E-state index contributed by atoms with van der Waals surface area (Å²) in [7, 11) is -2.68. The van der Waals surface area contributed by atoms with Crippen molar-refractivity contribution in [1.29, 1.82) is 0 Å². The van der Waals surface area contributed by atoms with Gasteiger partial charge in [0.05, 0.1) is 12.7 Å². The van der Waals surface area contributed by atoms with Gasteiger partial charge in [-0.3, -0.25) is 0 Å². The van der Waals surface area contributed by atoms with E-state index < -0.39 is 27.0 Å². The number of hydrogen-bond donors (Lipinski definition) is 2. The molecule has 1 aromatic heterocycles. The number of nitrogens with zero attached hydrogens (tertiary/aromatic N) is 1. The number of nitrogens with one attached hydrogen (secondary N) is 1. The van der Waals surface area contributed by atoms with Crippen LogP contribution in [-0.2, 0) is 14.8 Å². The molecule has 0 radical (unpaired) electrons. The van der Waals surface area contributed by atoms with E-state index in [1.807, 2.05) is 4.72 Å². The van der Waals surface area contributed by atoms with Crippen LogP contribution in [0.1, 0.15) is 0 Å². The molecule has 0 bridgehead atoms. The molecule has 0 aliphatic carbocycles. The van der Waals surface area contributed by atoms with Gasteiger partial charge in [-0.15, -0.1) is 0 Å². The topological polar surface area (TPSA) is 88.5 Å². The maximum absolute atomic E-state index is 13.2. The summed E-state index contributed by atoms with van der Waals surface area (Å²) in [4.78, 5) is 3.44. The molecule has 8 heteroatoms. The van der Waals surface area contributed by atoms with Gasteiger partial charge in [0.15, 0.2) is 5.82 Å². The molecule has 0 amide bonds. The average Bonchev–Trinajstić information content (AvgIpc) is 2.27. The second-order valence-corrected chi connectivity index (χ2v) is 4.93. The smallest absolute Gasteiger partial charge is 0.261 e. The average molecular weight is 264 g/mol. The summed E-state index contributed by atoms with van der Waals surface area (Å²) in [5, 5.41) is 8.57. The lowest BCUT2D eigenvalue weighted by Crippen LogP contribution is -2.35. The molecule has 0 aromatic carbocycles. The van der Waals surface area contributed by atoms with Crippen LogP contribution in [-0.4, -0.2) is 44.9 Å². The van der Waals surface area contributed by atoms with Crippen LogP contribution in [0, 0.1) is 5.82 Å². The molecule has 1 atom stereocenters. The van der Waals surface area contributed by atoms with Crippen LogP contribution in [0.2, 0.25) is 0 Å². The molecule has 6 nitrogen and oxygen atoms in total. The lowest BCUT2D eigenvalue weighted by Gasteiger charge is -2.10. The SMILES string of the molecule is COCC(O)CNS(=O)(=O)c1ncccc1F. The van der Waals surface area contributed by atoms with Crippen molar-refractivity contribution in [3.63, 3.8) is 0 Å². The summed E-state index contributed by atoms with van der Waals surface area (Å²) < 4.78 is 43.0. The van der Waals surface area contributed by atoms with Crippen LogP contribution in [0.5, 0.6) is 0 Å². The Morgan fingerprint density at radius 1 is 1.65 bits per heavy atom. The zero-order valence-corrected chi connectivity index (χ0v) is 9.95. The van der Waals surface area contributed by atoms with Gasteiger partial charge in [-0.05, 0) is 12.1 Å². The highest BCUT2D eigenvalue weighted by atomic mass is 32.2. The molecule has 2 N–H and O–H groups in total. The van der Waals surface area contributed by atoms with Crippen molar-refractivity contribution in [2.24, 2.45) is 0 Å². The van der Waals surface area contributed by atoms with E-state index in [2.05, 4.69) is 9.72 Å². The van der Waals surface area contributed by atoms with Crippen LogP contribution in [0.15, 0.2) is 23.4 Å². The number of halogens is 1. The van der Waals surface area contributed by atoms with Crippen LogP contribution < -0.4 is 4.72 Å². The van der Waals surface area contributed by atoms with Gasteiger partial charge in [-0.2, -0.15) is 0 Å². The van der Waals surface area contributed by atoms with Gasteiger partial charge in [0.25, 0.3) is 10.0 Å². The van der Waals surface area contributed by atoms with E-state index in [1.165, 1.54) is 19.4 Å². The van der Waals surface area contributed by atoms with E-state index in [4.69, 9.17) is 0 Å². The van der Waals surface area contributed by atoms with Gasteiger partial charge in [0.2, 0.25) is 5.03 Å². The predicted molar refractivity (Wildman–Crippen MR) is 57.3 cm³/mol. The van der Waals surface area contributed by atoms with E-state index in [1.54, 1.807) is 0 Å². The number of rotatable bonds is 6. The van der Waals surface area contributed by atoms with Crippen molar-refractivity contribution in [3.8, 4) is 0 Å². The number of aliphatic hydroxyl groups is 1. The molecule has 1 aromatic rings. The highest BCUT2D eigenvalue weighted by Gasteiger charge is 2.21. The maximum Gasteiger partial charge on any atom is 0.261 e. The first-order valence-corrected chi connectivity index (χ1v) is 6.23. The molecule has 1 unspecified atom stereocenters. The fraction of sp³-hybridized carbons (Fsp3) is 0.444. The van der Waals surface area contributed by atoms with Gasteiger partial charge in [0.1, 0.15) is 0 Å². The summed E-state index contributed by atoms with van der Waals surface area (Å²) in [5.74, 6) is -0.943. The van der Waals surface area contributed by atoms with Gasteiger partial charge < -0.3 is 9.84 Å². The Morgan fingerprint density at radius 3 is 2.94 bits per heavy atom. The molecule has 96 valence electrons. The van der Waals surface area contributed by atoms with Gasteiger partial charge in [0, 0.05) is 19.9 Å². The second kappa shape index (κ2) is 6.01. The Morgan fingerprint density at radius 2 is 2.35 bits per heavy atom. The molecule has 0 saturated carbocycles. The van der Waals surface area contributed by atoms with Gasteiger partial charge in [-0.25, -0.2) is 22.5 Å². The first-order valence-electron chi connectivity index (χ1n) is 4.74. The summed E-state index contributed by atoms with van der Waals surface area (Å²) >= 11 is 0. The Kier molecular flexibility index (Phi) is 4.94.